The van der Waals surface area contributed by atoms with Crippen molar-refractivity contribution in [2.75, 3.05) is 25.0 Å². The van der Waals surface area contributed by atoms with Crippen molar-refractivity contribution < 1.29 is 18.0 Å². The van der Waals surface area contributed by atoms with Gasteiger partial charge in [0.1, 0.15) is 5.52 Å². The lowest BCUT2D eigenvalue weighted by Crippen LogP contribution is -2.39. The molecule has 0 aliphatic heterocycles. The highest BCUT2D eigenvalue weighted by Gasteiger charge is 2.26. The average molecular weight is 372 g/mol. The summed E-state index contributed by atoms with van der Waals surface area (Å²) in [6.45, 7) is 1.44. The van der Waals surface area contributed by atoms with Crippen LogP contribution in [0.2, 0.25) is 0 Å². The van der Waals surface area contributed by atoms with E-state index in [0.717, 1.165) is 19.3 Å². The van der Waals surface area contributed by atoms with Crippen molar-refractivity contribution >= 4 is 23.0 Å². The molecule has 7 nitrogen and oxygen atoms in total. The van der Waals surface area contributed by atoms with Gasteiger partial charge in [-0.05, 0) is 24.9 Å². The fraction of sp³-hybridized carbons (Fsp3) is 0.562. The third-order valence-electron chi connectivity index (χ3n) is 3.78. The molecule has 1 atom stereocenters. The molecule has 144 valence electrons. The van der Waals surface area contributed by atoms with Crippen LogP contribution in [-0.2, 0) is 0 Å². The summed E-state index contributed by atoms with van der Waals surface area (Å²) >= 11 is 0. The molecule has 0 saturated carbocycles. The summed E-state index contributed by atoms with van der Waals surface area (Å²) in [5.41, 5.74) is 1.24. The number of H-pyrrole nitrogens is 1. The number of carbonyl (C=O) groups is 1. The number of nitrogens with zero attached hydrogens (tertiary/aromatic N) is 2. The van der Waals surface area contributed by atoms with Crippen molar-refractivity contribution in [1.29, 1.82) is 0 Å². The van der Waals surface area contributed by atoms with Gasteiger partial charge < -0.3 is 15.6 Å². The number of hydrogen-bond donors (Lipinski definition) is 4. The molecule has 0 aliphatic carbocycles. The van der Waals surface area contributed by atoms with E-state index in [9.17, 15) is 18.0 Å². The Balaban J connectivity index is 1.80. The summed E-state index contributed by atoms with van der Waals surface area (Å²) in [5.74, 6) is 0.219. The fourth-order valence-corrected chi connectivity index (χ4v) is 2.48. The zero-order chi connectivity index (χ0) is 19.0. The molecule has 2 aromatic heterocycles. The van der Waals surface area contributed by atoms with Gasteiger partial charge in [-0.1, -0.05) is 19.8 Å². The Bertz CT molecular complexity index is 703. The second-order valence-electron chi connectivity index (χ2n) is 6.06. The molecule has 2 rings (SSSR count). The minimum atomic E-state index is -4.24. The molecule has 0 bridgehead atoms. The van der Waals surface area contributed by atoms with E-state index in [1.165, 1.54) is 6.20 Å². The number of hydrogen-bond acceptors (Lipinski definition) is 4. The van der Waals surface area contributed by atoms with Crippen molar-refractivity contribution in [3.05, 3.63) is 18.5 Å². The SMILES string of the molecule is CCCCC(CNCC(F)(F)F)CNC(=O)Nc1cnc2[nH]ccc2n1. The largest absolute Gasteiger partial charge is 0.401 e. The van der Waals surface area contributed by atoms with Gasteiger partial charge in [-0.25, -0.2) is 14.8 Å². The number of unbranched alkanes of at least 4 members (excludes halogenated alkanes) is 1. The zero-order valence-electron chi connectivity index (χ0n) is 14.5. The molecule has 0 aliphatic rings. The van der Waals surface area contributed by atoms with Crippen molar-refractivity contribution in [2.45, 2.75) is 32.4 Å². The summed E-state index contributed by atoms with van der Waals surface area (Å²) in [7, 11) is 0. The summed E-state index contributed by atoms with van der Waals surface area (Å²) in [6.07, 6.45) is 1.44. The monoisotopic (exact) mass is 372 g/mol. The first-order chi connectivity index (χ1) is 12.4. The number of fused-ring (bicyclic) bond motifs is 1. The molecule has 4 N–H and O–H groups in total. The lowest BCUT2D eigenvalue weighted by Gasteiger charge is -2.19. The Labute approximate surface area is 149 Å². The van der Waals surface area contributed by atoms with Crippen LogP contribution in [0.1, 0.15) is 26.2 Å². The number of anilines is 1. The van der Waals surface area contributed by atoms with Gasteiger partial charge >= 0.3 is 12.2 Å². The molecular weight excluding hydrogens is 349 g/mol. The molecule has 2 aromatic rings. The third-order valence-corrected chi connectivity index (χ3v) is 3.78. The van der Waals surface area contributed by atoms with E-state index in [2.05, 4.69) is 30.9 Å². The highest BCUT2D eigenvalue weighted by atomic mass is 19.4. The quantitative estimate of drug-likeness (QED) is 0.544. The van der Waals surface area contributed by atoms with Gasteiger partial charge in [0, 0.05) is 12.7 Å². The van der Waals surface area contributed by atoms with Crippen LogP contribution < -0.4 is 16.0 Å². The highest BCUT2D eigenvalue weighted by molar-refractivity contribution is 5.89. The topological polar surface area (TPSA) is 94.7 Å². The molecule has 0 aromatic carbocycles. The highest BCUT2D eigenvalue weighted by Crippen LogP contribution is 2.13. The predicted octanol–water partition coefficient (Wildman–Crippen LogP) is 3.04. The lowest BCUT2D eigenvalue weighted by molar-refractivity contribution is -0.125. The zero-order valence-corrected chi connectivity index (χ0v) is 14.5. The number of carbonyl (C=O) groups excluding carboxylic acids is 1. The molecule has 0 saturated heterocycles. The molecule has 1 unspecified atom stereocenters. The van der Waals surface area contributed by atoms with Gasteiger partial charge in [-0.2, -0.15) is 13.2 Å². The Kier molecular flexibility index (Phi) is 7.19. The van der Waals surface area contributed by atoms with Crippen LogP contribution in [0.5, 0.6) is 0 Å². The summed E-state index contributed by atoms with van der Waals surface area (Å²) in [4.78, 5) is 23.2. The van der Waals surface area contributed by atoms with Gasteiger partial charge in [0.15, 0.2) is 11.5 Å². The lowest BCUT2D eigenvalue weighted by atomic mass is 10.0. The second-order valence-corrected chi connectivity index (χ2v) is 6.06. The van der Waals surface area contributed by atoms with E-state index in [0.29, 0.717) is 17.0 Å². The standard InChI is InChI=1S/C16H23F3N6O/c1-2-3-4-11(7-20-10-16(17,18)19)8-23-15(26)25-13-9-22-14-12(24-13)5-6-21-14/h5-6,9,11,20H,2-4,7-8,10H2,1H3,(H,21,22)(H2,23,24,25,26). The molecular formula is C16H23F3N6O. The average Bonchev–Trinajstić information content (AvgIpc) is 3.03. The molecule has 2 amide bonds. The molecule has 0 spiro atoms. The van der Waals surface area contributed by atoms with E-state index in [1.54, 1.807) is 12.3 Å². The van der Waals surface area contributed by atoms with Crippen LogP contribution in [0.4, 0.5) is 23.8 Å². The Morgan fingerprint density at radius 3 is 2.88 bits per heavy atom. The van der Waals surface area contributed by atoms with Crippen LogP contribution in [0.25, 0.3) is 11.2 Å². The Morgan fingerprint density at radius 2 is 2.15 bits per heavy atom. The molecule has 0 fully saturated rings. The number of alkyl halides is 3. The van der Waals surface area contributed by atoms with E-state index in [-0.39, 0.29) is 19.0 Å². The number of amides is 2. The van der Waals surface area contributed by atoms with Crippen LogP contribution in [0.3, 0.4) is 0 Å². The molecule has 2 heterocycles. The maximum absolute atomic E-state index is 12.2. The van der Waals surface area contributed by atoms with Crippen LogP contribution in [0.15, 0.2) is 18.5 Å². The Hall–Kier alpha value is -2.36. The number of urea groups is 1. The van der Waals surface area contributed by atoms with Gasteiger partial charge in [0.25, 0.3) is 0 Å². The molecule has 10 heteroatoms. The smallest absolute Gasteiger partial charge is 0.345 e. The number of rotatable bonds is 9. The van der Waals surface area contributed by atoms with Gasteiger partial charge in [-0.15, -0.1) is 0 Å². The third kappa shape index (κ3) is 6.87. The van der Waals surface area contributed by atoms with Crippen molar-refractivity contribution in [3.63, 3.8) is 0 Å². The van der Waals surface area contributed by atoms with E-state index in [1.807, 2.05) is 6.92 Å². The summed E-state index contributed by atoms with van der Waals surface area (Å²) < 4.78 is 36.7. The normalized spacial score (nSPS) is 12.9. The maximum Gasteiger partial charge on any atom is 0.401 e. The maximum atomic E-state index is 12.2. The van der Waals surface area contributed by atoms with Crippen LogP contribution in [-0.4, -0.2) is 46.8 Å². The van der Waals surface area contributed by atoms with Crippen molar-refractivity contribution in [1.82, 2.24) is 25.6 Å². The van der Waals surface area contributed by atoms with Crippen LogP contribution in [0, 0.1) is 5.92 Å². The van der Waals surface area contributed by atoms with Gasteiger partial charge in [-0.3, -0.25) is 5.32 Å². The summed E-state index contributed by atoms with van der Waals surface area (Å²) in [5, 5.41) is 7.66. The minimum absolute atomic E-state index is 0.0821. The first kappa shape index (κ1) is 20.0. The van der Waals surface area contributed by atoms with E-state index in [4.69, 9.17) is 0 Å². The number of aromatic amines is 1. The predicted molar refractivity (Wildman–Crippen MR) is 92.8 cm³/mol. The molecule has 0 radical (unpaired) electrons. The second kappa shape index (κ2) is 9.37. The van der Waals surface area contributed by atoms with E-state index >= 15 is 0 Å². The van der Waals surface area contributed by atoms with Crippen molar-refractivity contribution in [3.8, 4) is 0 Å². The van der Waals surface area contributed by atoms with E-state index < -0.39 is 18.8 Å². The van der Waals surface area contributed by atoms with Crippen molar-refractivity contribution in [2.24, 2.45) is 5.92 Å². The first-order valence-corrected chi connectivity index (χ1v) is 8.50. The molecule has 26 heavy (non-hydrogen) atoms. The number of halogens is 3. The first-order valence-electron chi connectivity index (χ1n) is 8.50. The number of nitrogens with one attached hydrogen (secondary N) is 4. The van der Waals surface area contributed by atoms with Gasteiger partial charge in [0.2, 0.25) is 0 Å². The Morgan fingerprint density at radius 1 is 1.35 bits per heavy atom. The summed E-state index contributed by atoms with van der Waals surface area (Å²) in [6, 6.07) is 1.27. The minimum Gasteiger partial charge on any atom is -0.345 e. The van der Waals surface area contributed by atoms with Crippen LogP contribution >= 0.6 is 0 Å². The number of aromatic nitrogens is 3. The fourth-order valence-electron chi connectivity index (χ4n) is 2.48. The van der Waals surface area contributed by atoms with Gasteiger partial charge in [0.05, 0.1) is 12.7 Å².